The fraction of sp³-hybridized carbons (Fsp3) is 0.750. The van der Waals surface area contributed by atoms with Crippen molar-refractivity contribution in [1.82, 2.24) is 16.0 Å². The Morgan fingerprint density at radius 1 is 1.11 bits per heavy atom. The second-order valence-electron chi connectivity index (χ2n) is 5.28. The molecule has 2 fully saturated rings. The largest absolute Gasteiger partial charge is 0.480 e. The first-order chi connectivity index (χ1) is 8.97. The maximum absolute atomic E-state index is 11.6. The highest BCUT2D eigenvalue weighted by Crippen LogP contribution is 2.32. The third-order valence-corrected chi connectivity index (χ3v) is 3.31. The number of carboxylic acid groups (broad SMARTS) is 1. The minimum absolute atomic E-state index is 0.0128. The highest BCUT2D eigenvalue weighted by Gasteiger charge is 2.37. The van der Waals surface area contributed by atoms with Gasteiger partial charge in [0.25, 0.3) is 0 Å². The number of nitrogens with one attached hydrogen (secondary N) is 3. The van der Waals surface area contributed by atoms with Crippen LogP contribution in [0, 0.1) is 5.92 Å². The summed E-state index contributed by atoms with van der Waals surface area (Å²) in [5, 5.41) is 16.6. The summed E-state index contributed by atoms with van der Waals surface area (Å²) in [7, 11) is 0. The predicted molar refractivity (Wildman–Crippen MR) is 66.4 cm³/mol. The molecule has 0 aromatic heterocycles. The number of rotatable bonds is 6. The molecule has 2 saturated carbocycles. The molecule has 2 aliphatic carbocycles. The van der Waals surface area contributed by atoms with Gasteiger partial charge in [-0.1, -0.05) is 0 Å². The molecule has 19 heavy (non-hydrogen) atoms. The van der Waals surface area contributed by atoms with Gasteiger partial charge in [0.05, 0.1) is 0 Å². The van der Waals surface area contributed by atoms with E-state index in [9.17, 15) is 14.4 Å². The number of carboxylic acids is 1. The van der Waals surface area contributed by atoms with Crippen LogP contribution < -0.4 is 16.0 Å². The van der Waals surface area contributed by atoms with Crippen molar-refractivity contribution in [3.05, 3.63) is 0 Å². The quantitative estimate of drug-likeness (QED) is 0.536. The number of amides is 3. The van der Waals surface area contributed by atoms with Crippen LogP contribution in [0.25, 0.3) is 0 Å². The second-order valence-corrected chi connectivity index (χ2v) is 5.28. The van der Waals surface area contributed by atoms with Crippen LogP contribution in [0.1, 0.15) is 32.6 Å². The maximum atomic E-state index is 11.6. The van der Waals surface area contributed by atoms with E-state index in [1.54, 1.807) is 6.92 Å². The van der Waals surface area contributed by atoms with Crippen LogP contribution in [0.15, 0.2) is 0 Å². The minimum Gasteiger partial charge on any atom is -0.480 e. The zero-order valence-electron chi connectivity index (χ0n) is 10.8. The fourth-order valence-corrected chi connectivity index (χ4v) is 1.81. The Kier molecular flexibility index (Phi) is 3.92. The van der Waals surface area contributed by atoms with Gasteiger partial charge in [0, 0.05) is 6.04 Å². The third-order valence-electron chi connectivity index (χ3n) is 3.31. The number of carbonyl (C=O) groups is 3. The van der Waals surface area contributed by atoms with Crippen molar-refractivity contribution >= 4 is 17.9 Å². The Hall–Kier alpha value is -1.79. The number of urea groups is 1. The van der Waals surface area contributed by atoms with E-state index in [4.69, 9.17) is 5.11 Å². The molecule has 2 aliphatic rings. The Balaban J connectivity index is 1.75. The molecule has 3 amide bonds. The molecule has 2 rings (SSSR count). The van der Waals surface area contributed by atoms with Crippen LogP contribution in [0.2, 0.25) is 0 Å². The topological polar surface area (TPSA) is 108 Å². The molecule has 0 heterocycles. The van der Waals surface area contributed by atoms with Crippen molar-refractivity contribution < 1.29 is 19.5 Å². The lowest BCUT2D eigenvalue weighted by Gasteiger charge is -2.17. The van der Waals surface area contributed by atoms with E-state index in [0.717, 1.165) is 25.7 Å². The van der Waals surface area contributed by atoms with Gasteiger partial charge in [0.15, 0.2) is 0 Å². The van der Waals surface area contributed by atoms with Crippen molar-refractivity contribution in [2.24, 2.45) is 5.92 Å². The lowest BCUT2D eigenvalue weighted by Crippen LogP contribution is -2.53. The van der Waals surface area contributed by atoms with Crippen molar-refractivity contribution in [3.63, 3.8) is 0 Å². The smallest absolute Gasteiger partial charge is 0.326 e. The van der Waals surface area contributed by atoms with E-state index in [-0.39, 0.29) is 17.9 Å². The second kappa shape index (κ2) is 5.46. The summed E-state index contributed by atoms with van der Waals surface area (Å²) in [5.74, 6) is -1.26. The first kappa shape index (κ1) is 13.6. The first-order valence-corrected chi connectivity index (χ1v) is 6.57. The van der Waals surface area contributed by atoms with E-state index >= 15 is 0 Å². The van der Waals surface area contributed by atoms with Gasteiger partial charge in [-0.3, -0.25) is 4.79 Å². The molecule has 2 atom stereocenters. The summed E-state index contributed by atoms with van der Waals surface area (Å²) in [4.78, 5) is 34.2. The summed E-state index contributed by atoms with van der Waals surface area (Å²) < 4.78 is 0. The Bertz CT molecular complexity index is 390. The van der Waals surface area contributed by atoms with Gasteiger partial charge < -0.3 is 21.1 Å². The normalized spacial score (nSPS) is 21.1. The van der Waals surface area contributed by atoms with Crippen LogP contribution >= 0.6 is 0 Å². The van der Waals surface area contributed by atoms with E-state index in [0.29, 0.717) is 0 Å². The Morgan fingerprint density at radius 2 is 1.74 bits per heavy atom. The minimum atomic E-state index is -1.03. The Labute approximate surface area is 111 Å². The van der Waals surface area contributed by atoms with E-state index in [2.05, 4.69) is 16.0 Å². The molecule has 0 radical (unpaired) electrons. The third kappa shape index (κ3) is 4.11. The SMILES string of the molecule is CC(NC(=O)NC(C(=O)O)C1CC1)C(=O)NC1CC1. The van der Waals surface area contributed by atoms with Gasteiger partial charge in [0.2, 0.25) is 5.91 Å². The number of carbonyl (C=O) groups excluding carboxylic acids is 2. The molecule has 0 saturated heterocycles. The molecule has 2 unspecified atom stereocenters. The van der Waals surface area contributed by atoms with Crippen LogP contribution in [0.4, 0.5) is 4.79 Å². The van der Waals surface area contributed by atoms with Gasteiger partial charge in [-0.15, -0.1) is 0 Å². The van der Waals surface area contributed by atoms with Crippen molar-refractivity contribution in [2.45, 2.75) is 50.7 Å². The standard InChI is InChI=1S/C12H19N3O4/c1-6(10(16)14-8-4-5-8)13-12(19)15-9(11(17)18)7-2-3-7/h6-9H,2-5H2,1H3,(H,14,16)(H,17,18)(H2,13,15,19). The maximum Gasteiger partial charge on any atom is 0.326 e. The molecular formula is C12H19N3O4. The van der Waals surface area contributed by atoms with Gasteiger partial charge in [-0.05, 0) is 38.5 Å². The van der Waals surface area contributed by atoms with E-state index in [1.165, 1.54) is 0 Å². The van der Waals surface area contributed by atoms with Gasteiger partial charge in [-0.2, -0.15) is 0 Å². The van der Waals surface area contributed by atoms with Crippen molar-refractivity contribution in [1.29, 1.82) is 0 Å². The summed E-state index contributed by atoms with van der Waals surface area (Å²) in [6, 6.07) is -1.91. The summed E-state index contributed by atoms with van der Waals surface area (Å²) >= 11 is 0. The van der Waals surface area contributed by atoms with Gasteiger partial charge in [0.1, 0.15) is 12.1 Å². The first-order valence-electron chi connectivity index (χ1n) is 6.57. The highest BCUT2D eigenvalue weighted by atomic mass is 16.4. The monoisotopic (exact) mass is 269 g/mol. The molecule has 0 spiro atoms. The lowest BCUT2D eigenvalue weighted by molar-refractivity contribution is -0.139. The van der Waals surface area contributed by atoms with Crippen molar-refractivity contribution in [3.8, 4) is 0 Å². The molecule has 0 bridgehead atoms. The average Bonchev–Trinajstić information content (AvgIpc) is 3.18. The fourth-order valence-electron chi connectivity index (χ4n) is 1.81. The zero-order chi connectivity index (χ0) is 14.0. The zero-order valence-corrected chi connectivity index (χ0v) is 10.8. The van der Waals surface area contributed by atoms with E-state index < -0.39 is 24.1 Å². The lowest BCUT2D eigenvalue weighted by atomic mass is 10.2. The molecule has 7 heteroatoms. The summed E-state index contributed by atoms with van der Waals surface area (Å²) in [5.41, 5.74) is 0. The van der Waals surface area contributed by atoms with Crippen LogP contribution in [-0.2, 0) is 9.59 Å². The van der Waals surface area contributed by atoms with Crippen LogP contribution in [0.5, 0.6) is 0 Å². The Morgan fingerprint density at radius 3 is 2.21 bits per heavy atom. The summed E-state index contributed by atoms with van der Waals surface area (Å²) in [6.07, 6.45) is 3.59. The molecule has 0 aromatic rings. The van der Waals surface area contributed by atoms with Gasteiger partial charge in [-0.25, -0.2) is 9.59 Å². The molecule has 4 N–H and O–H groups in total. The molecule has 0 aliphatic heterocycles. The highest BCUT2D eigenvalue weighted by molar-refractivity contribution is 5.88. The average molecular weight is 269 g/mol. The van der Waals surface area contributed by atoms with Gasteiger partial charge >= 0.3 is 12.0 Å². The molecular weight excluding hydrogens is 250 g/mol. The molecule has 7 nitrogen and oxygen atoms in total. The van der Waals surface area contributed by atoms with E-state index in [1.807, 2.05) is 0 Å². The number of aliphatic carboxylic acids is 1. The summed E-state index contributed by atoms with van der Waals surface area (Å²) in [6.45, 7) is 1.57. The van der Waals surface area contributed by atoms with Crippen LogP contribution in [-0.4, -0.2) is 41.1 Å². The van der Waals surface area contributed by atoms with Crippen molar-refractivity contribution in [2.75, 3.05) is 0 Å². The predicted octanol–water partition coefficient (Wildman–Crippen LogP) is -0.184. The number of hydrogen-bond donors (Lipinski definition) is 4. The van der Waals surface area contributed by atoms with Crippen LogP contribution in [0.3, 0.4) is 0 Å². The molecule has 0 aromatic carbocycles. The number of hydrogen-bond acceptors (Lipinski definition) is 3. The molecule has 106 valence electrons.